The Hall–Kier alpha value is -1.98. The normalized spacial score (nSPS) is 14.9. The summed E-state index contributed by atoms with van der Waals surface area (Å²) in [5.74, 6) is -2.43. The lowest BCUT2D eigenvalue weighted by Crippen LogP contribution is -2.37. The molecule has 0 bridgehead atoms. The van der Waals surface area contributed by atoms with Gasteiger partial charge in [-0.2, -0.15) is 0 Å². The third-order valence-corrected chi connectivity index (χ3v) is 3.88. The number of hydrogen-bond acceptors (Lipinski definition) is 2. The molecule has 0 aliphatic heterocycles. The first-order chi connectivity index (χ1) is 10.5. The van der Waals surface area contributed by atoms with Crippen LogP contribution in [0.5, 0.6) is 0 Å². The van der Waals surface area contributed by atoms with Gasteiger partial charge in [-0.25, -0.2) is 8.78 Å². The first kappa shape index (κ1) is 16.4. The van der Waals surface area contributed by atoms with Crippen LogP contribution >= 0.6 is 0 Å². The molecule has 0 atom stereocenters. The van der Waals surface area contributed by atoms with Crippen LogP contribution in [0, 0.1) is 11.6 Å². The van der Waals surface area contributed by atoms with Crippen molar-refractivity contribution in [2.45, 2.75) is 45.1 Å². The van der Waals surface area contributed by atoms with Gasteiger partial charge in [-0.3, -0.25) is 9.59 Å². The van der Waals surface area contributed by atoms with Crippen LogP contribution in [0.4, 0.5) is 14.5 Å². The number of carbonyl (C=O) groups is 2. The average molecular weight is 310 g/mol. The Kier molecular flexibility index (Phi) is 5.46. The van der Waals surface area contributed by atoms with E-state index in [1.807, 2.05) is 0 Å². The first-order valence-electron chi connectivity index (χ1n) is 7.50. The second-order valence-corrected chi connectivity index (χ2v) is 5.57. The number of carbonyl (C=O) groups excluding carboxylic acids is 2. The second-order valence-electron chi connectivity index (χ2n) is 5.57. The van der Waals surface area contributed by atoms with Crippen LogP contribution in [0.1, 0.15) is 39.0 Å². The second kappa shape index (κ2) is 7.33. The van der Waals surface area contributed by atoms with Crippen LogP contribution in [0.25, 0.3) is 0 Å². The van der Waals surface area contributed by atoms with Crippen LogP contribution in [0.3, 0.4) is 0 Å². The minimum atomic E-state index is -1.01. The Morgan fingerprint density at radius 2 is 1.91 bits per heavy atom. The lowest BCUT2D eigenvalue weighted by molar-refractivity contribution is -0.121. The molecule has 1 aliphatic rings. The Morgan fingerprint density at radius 3 is 2.50 bits per heavy atom. The minimum Gasteiger partial charge on any atom is -0.353 e. The number of halogens is 2. The summed E-state index contributed by atoms with van der Waals surface area (Å²) in [5, 5.41) is 2.93. The molecule has 0 saturated heterocycles. The highest BCUT2D eigenvalue weighted by molar-refractivity contribution is 5.92. The van der Waals surface area contributed by atoms with Crippen molar-refractivity contribution in [1.82, 2.24) is 5.32 Å². The van der Waals surface area contributed by atoms with Crippen molar-refractivity contribution in [3.05, 3.63) is 29.8 Å². The molecule has 4 nitrogen and oxygen atoms in total. The Morgan fingerprint density at radius 1 is 1.23 bits per heavy atom. The number of nitrogens with zero attached hydrogens (tertiary/aromatic N) is 1. The highest BCUT2D eigenvalue weighted by Crippen LogP contribution is 2.19. The molecule has 0 heterocycles. The largest absolute Gasteiger partial charge is 0.353 e. The molecule has 2 rings (SSSR count). The van der Waals surface area contributed by atoms with Crippen molar-refractivity contribution >= 4 is 17.5 Å². The highest BCUT2D eigenvalue weighted by Gasteiger charge is 2.19. The summed E-state index contributed by atoms with van der Waals surface area (Å²) in [5.41, 5.74) is 0.250. The molecule has 22 heavy (non-hydrogen) atoms. The van der Waals surface area contributed by atoms with Crippen molar-refractivity contribution < 1.29 is 18.4 Å². The predicted molar refractivity (Wildman–Crippen MR) is 79.4 cm³/mol. The maximum absolute atomic E-state index is 13.3. The van der Waals surface area contributed by atoms with Crippen molar-refractivity contribution in [2.75, 3.05) is 11.4 Å². The fraction of sp³-hybridized carbons (Fsp3) is 0.500. The summed E-state index contributed by atoms with van der Waals surface area (Å²) in [6.45, 7) is 1.47. The van der Waals surface area contributed by atoms with Gasteiger partial charge < -0.3 is 10.2 Å². The zero-order chi connectivity index (χ0) is 16.1. The molecule has 1 fully saturated rings. The van der Waals surface area contributed by atoms with E-state index in [9.17, 15) is 18.4 Å². The van der Waals surface area contributed by atoms with E-state index >= 15 is 0 Å². The predicted octanol–water partition coefficient (Wildman–Crippen LogP) is 2.77. The minimum absolute atomic E-state index is 0.124. The van der Waals surface area contributed by atoms with Crippen LogP contribution < -0.4 is 10.2 Å². The standard InChI is InChI=1S/C16H20F2N2O2/c1-11(21)20(13-6-7-14(17)15(18)10-13)9-8-16(22)19-12-4-2-3-5-12/h6-7,10,12H,2-5,8-9H2,1H3,(H,19,22). The van der Waals surface area contributed by atoms with Gasteiger partial charge in [0, 0.05) is 37.7 Å². The Bertz CT molecular complexity index is 557. The van der Waals surface area contributed by atoms with Crippen LogP contribution in [-0.4, -0.2) is 24.4 Å². The van der Waals surface area contributed by atoms with E-state index in [1.165, 1.54) is 17.9 Å². The summed E-state index contributed by atoms with van der Waals surface area (Å²) in [6, 6.07) is 3.49. The van der Waals surface area contributed by atoms with Crippen molar-refractivity contribution in [3.63, 3.8) is 0 Å². The van der Waals surface area contributed by atoms with Gasteiger partial charge in [0.2, 0.25) is 11.8 Å². The van der Waals surface area contributed by atoms with Gasteiger partial charge in [-0.05, 0) is 25.0 Å². The molecular weight excluding hydrogens is 290 g/mol. The van der Waals surface area contributed by atoms with Gasteiger partial charge in [0.15, 0.2) is 11.6 Å². The summed E-state index contributed by atoms with van der Waals surface area (Å²) in [7, 11) is 0. The van der Waals surface area contributed by atoms with E-state index in [-0.39, 0.29) is 36.5 Å². The van der Waals surface area contributed by atoms with E-state index in [0.29, 0.717) is 0 Å². The molecule has 120 valence electrons. The van der Waals surface area contributed by atoms with Crippen LogP contribution in [-0.2, 0) is 9.59 Å². The maximum atomic E-state index is 13.3. The van der Waals surface area contributed by atoms with E-state index in [4.69, 9.17) is 0 Å². The van der Waals surface area contributed by atoms with Gasteiger partial charge in [-0.1, -0.05) is 12.8 Å². The summed E-state index contributed by atoms with van der Waals surface area (Å²) in [4.78, 5) is 24.8. The van der Waals surface area contributed by atoms with E-state index in [2.05, 4.69) is 5.32 Å². The Labute approximate surface area is 128 Å². The summed E-state index contributed by atoms with van der Waals surface area (Å²) in [6.07, 6.45) is 4.37. The average Bonchev–Trinajstić information content (AvgIpc) is 2.95. The number of benzene rings is 1. The molecular formula is C16H20F2N2O2. The number of rotatable bonds is 5. The first-order valence-corrected chi connectivity index (χ1v) is 7.50. The quantitative estimate of drug-likeness (QED) is 0.909. The lowest BCUT2D eigenvalue weighted by atomic mass is 10.2. The van der Waals surface area contributed by atoms with E-state index in [1.54, 1.807) is 0 Å². The van der Waals surface area contributed by atoms with Crippen molar-refractivity contribution in [2.24, 2.45) is 0 Å². The van der Waals surface area contributed by atoms with Gasteiger partial charge in [0.25, 0.3) is 0 Å². The highest BCUT2D eigenvalue weighted by atomic mass is 19.2. The van der Waals surface area contributed by atoms with Gasteiger partial charge in [0.05, 0.1) is 0 Å². The zero-order valence-corrected chi connectivity index (χ0v) is 12.6. The molecule has 1 aliphatic carbocycles. The third kappa shape index (κ3) is 4.26. The number of anilines is 1. The SMILES string of the molecule is CC(=O)N(CCC(=O)NC1CCCC1)c1ccc(F)c(F)c1. The molecule has 0 aromatic heterocycles. The lowest BCUT2D eigenvalue weighted by Gasteiger charge is -2.21. The Balaban J connectivity index is 1.95. The summed E-state index contributed by atoms with van der Waals surface area (Å²) >= 11 is 0. The van der Waals surface area contributed by atoms with E-state index < -0.39 is 11.6 Å². The monoisotopic (exact) mass is 310 g/mol. The topological polar surface area (TPSA) is 49.4 Å². The van der Waals surface area contributed by atoms with Crippen molar-refractivity contribution in [3.8, 4) is 0 Å². The number of nitrogens with one attached hydrogen (secondary N) is 1. The molecule has 1 saturated carbocycles. The molecule has 0 radical (unpaired) electrons. The smallest absolute Gasteiger partial charge is 0.223 e. The van der Waals surface area contributed by atoms with Crippen LogP contribution in [0.2, 0.25) is 0 Å². The fourth-order valence-electron chi connectivity index (χ4n) is 2.70. The molecule has 2 amide bonds. The fourth-order valence-corrected chi connectivity index (χ4v) is 2.70. The van der Waals surface area contributed by atoms with Crippen LogP contribution in [0.15, 0.2) is 18.2 Å². The molecule has 1 aromatic carbocycles. The number of hydrogen-bond donors (Lipinski definition) is 1. The molecule has 1 N–H and O–H groups in total. The maximum Gasteiger partial charge on any atom is 0.223 e. The van der Waals surface area contributed by atoms with Gasteiger partial charge in [0.1, 0.15) is 0 Å². The zero-order valence-electron chi connectivity index (χ0n) is 12.6. The van der Waals surface area contributed by atoms with Gasteiger partial charge in [-0.15, -0.1) is 0 Å². The van der Waals surface area contributed by atoms with Gasteiger partial charge >= 0.3 is 0 Å². The molecule has 0 spiro atoms. The van der Waals surface area contributed by atoms with E-state index in [0.717, 1.165) is 37.8 Å². The summed E-state index contributed by atoms with van der Waals surface area (Å²) < 4.78 is 26.2. The molecule has 1 aromatic rings. The number of amides is 2. The molecule has 0 unspecified atom stereocenters. The molecule has 6 heteroatoms. The van der Waals surface area contributed by atoms with Crippen molar-refractivity contribution in [1.29, 1.82) is 0 Å². The third-order valence-electron chi connectivity index (χ3n) is 3.88.